The summed E-state index contributed by atoms with van der Waals surface area (Å²) in [5, 5.41) is 23.1. The average molecular weight is 305 g/mol. The second-order valence-corrected chi connectivity index (χ2v) is 9.13. The van der Waals surface area contributed by atoms with E-state index in [0.717, 1.165) is 48.6 Å². The SMILES string of the molecule is C[C@]12CC[C@@H](O)C[C@@H]1CC[C@H]1[C@H]2CC[C@]2(C)/C(=N\O)CC[C@@H]12. The largest absolute Gasteiger partial charge is 0.411 e. The van der Waals surface area contributed by atoms with Gasteiger partial charge in [0, 0.05) is 5.41 Å². The molecule has 4 rings (SSSR count). The lowest BCUT2D eigenvalue weighted by Crippen LogP contribution is -2.54. The predicted molar refractivity (Wildman–Crippen MR) is 87.0 cm³/mol. The van der Waals surface area contributed by atoms with Crippen molar-refractivity contribution in [2.45, 2.75) is 77.7 Å². The number of hydrogen-bond acceptors (Lipinski definition) is 3. The lowest BCUT2D eigenvalue weighted by Gasteiger charge is -2.60. The molecule has 4 saturated carbocycles. The van der Waals surface area contributed by atoms with Crippen molar-refractivity contribution in [3.8, 4) is 0 Å². The molecule has 0 aromatic rings. The molecule has 124 valence electrons. The molecular formula is C19H31NO2. The lowest BCUT2D eigenvalue weighted by atomic mass is 9.45. The summed E-state index contributed by atoms with van der Waals surface area (Å²) in [5.41, 5.74) is 1.68. The lowest BCUT2D eigenvalue weighted by molar-refractivity contribution is -0.114. The summed E-state index contributed by atoms with van der Waals surface area (Å²) in [4.78, 5) is 0. The van der Waals surface area contributed by atoms with Crippen molar-refractivity contribution in [3.63, 3.8) is 0 Å². The molecule has 4 fully saturated rings. The van der Waals surface area contributed by atoms with E-state index < -0.39 is 0 Å². The maximum atomic E-state index is 10.1. The molecule has 2 N–H and O–H groups in total. The summed E-state index contributed by atoms with van der Waals surface area (Å²) in [6, 6.07) is 0. The molecule has 0 spiro atoms. The standard InChI is InChI=1S/C19H31NO2/c1-18-9-7-13(21)11-12(18)3-4-14-15-5-6-17(20-22)19(15,2)10-8-16(14)18/h12-16,21-22H,3-11H2,1-2H3/b20-17-/t12-,13+,14+,15-,16+,18-,19-/m0/s1. The van der Waals surface area contributed by atoms with Gasteiger partial charge in [-0.15, -0.1) is 0 Å². The summed E-state index contributed by atoms with van der Waals surface area (Å²) in [6.45, 7) is 4.88. The fourth-order valence-electron chi connectivity index (χ4n) is 7.19. The highest BCUT2D eigenvalue weighted by Gasteiger charge is 2.59. The van der Waals surface area contributed by atoms with Gasteiger partial charge in [0.1, 0.15) is 0 Å². The number of fused-ring (bicyclic) bond motifs is 5. The fourth-order valence-corrected chi connectivity index (χ4v) is 7.19. The van der Waals surface area contributed by atoms with Crippen molar-refractivity contribution < 1.29 is 10.3 Å². The van der Waals surface area contributed by atoms with Crippen molar-refractivity contribution in [3.05, 3.63) is 0 Å². The number of aliphatic hydroxyl groups is 1. The van der Waals surface area contributed by atoms with Gasteiger partial charge in [-0.2, -0.15) is 0 Å². The number of aliphatic hydroxyl groups excluding tert-OH is 1. The first-order valence-electron chi connectivity index (χ1n) is 9.38. The van der Waals surface area contributed by atoms with E-state index in [1.807, 2.05) is 0 Å². The van der Waals surface area contributed by atoms with Gasteiger partial charge in [0.15, 0.2) is 0 Å². The van der Waals surface area contributed by atoms with Crippen LogP contribution in [0, 0.1) is 34.5 Å². The van der Waals surface area contributed by atoms with Crippen LogP contribution < -0.4 is 0 Å². The molecule has 7 atom stereocenters. The summed E-state index contributed by atoms with van der Waals surface area (Å²) in [5.74, 6) is 3.10. The Hall–Kier alpha value is -0.570. The van der Waals surface area contributed by atoms with Crippen LogP contribution in [0.25, 0.3) is 0 Å². The molecule has 22 heavy (non-hydrogen) atoms. The zero-order chi connectivity index (χ0) is 15.5. The Morgan fingerprint density at radius 3 is 2.59 bits per heavy atom. The highest BCUT2D eigenvalue weighted by atomic mass is 16.4. The number of hydrogen-bond donors (Lipinski definition) is 2. The number of nitrogens with zero attached hydrogens (tertiary/aromatic N) is 1. The van der Waals surface area contributed by atoms with E-state index in [0.29, 0.717) is 5.41 Å². The number of rotatable bonds is 0. The van der Waals surface area contributed by atoms with Gasteiger partial charge < -0.3 is 10.3 Å². The van der Waals surface area contributed by atoms with Gasteiger partial charge in [-0.3, -0.25) is 0 Å². The van der Waals surface area contributed by atoms with Crippen molar-refractivity contribution in [2.24, 2.45) is 39.7 Å². The first kappa shape index (κ1) is 15.0. The molecule has 0 saturated heterocycles. The van der Waals surface area contributed by atoms with Crippen LogP contribution in [0.2, 0.25) is 0 Å². The van der Waals surface area contributed by atoms with Gasteiger partial charge in [-0.05, 0) is 86.9 Å². The van der Waals surface area contributed by atoms with Crippen LogP contribution >= 0.6 is 0 Å². The van der Waals surface area contributed by atoms with Crippen LogP contribution in [-0.4, -0.2) is 22.1 Å². The van der Waals surface area contributed by atoms with Crippen molar-refractivity contribution in [1.29, 1.82) is 0 Å². The van der Waals surface area contributed by atoms with Crippen LogP contribution in [0.5, 0.6) is 0 Å². The van der Waals surface area contributed by atoms with E-state index >= 15 is 0 Å². The monoisotopic (exact) mass is 305 g/mol. The van der Waals surface area contributed by atoms with Gasteiger partial charge in [-0.1, -0.05) is 19.0 Å². The molecule has 0 amide bonds. The van der Waals surface area contributed by atoms with E-state index in [-0.39, 0.29) is 11.5 Å². The predicted octanol–water partition coefficient (Wildman–Crippen LogP) is 4.22. The van der Waals surface area contributed by atoms with Gasteiger partial charge in [0.2, 0.25) is 0 Å². The molecule has 3 heteroatoms. The summed E-state index contributed by atoms with van der Waals surface area (Å²) in [6.07, 6.45) is 10.5. The highest BCUT2D eigenvalue weighted by Crippen LogP contribution is 2.65. The van der Waals surface area contributed by atoms with Crippen molar-refractivity contribution in [1.82, 2.24) is 0 Å². The van der Waals surface area contributed by atoms with Gasteiger partial charge in [0.25, 0.3) is 0 Å². The number of oxime groups is 1. The Balaban J connectivity index is 1.63. The zero-order valence-electron chi connectivity index (χ0n) is 14.1. The van der Waals surface area contributed by atoms with E-state index in [4.69, 9.17) is 0 Å². The van der Waals surface area contributed by atoms with Gasteiger partial charge in [-0.25, -0.2) is 0 Å². The normalized spacial score (nSPS) is 56.3. The molecule has 4 aliphatic carbocycles. The van der Waals surface area contributed by atoms with E-state index in [2.05, 4.69) is 19.0 Å². The summed E-state index contributed by atoms with van der Waals surface area (Å²) < 4.78 is 0. The Kier molecular flexibility index (Phi) is 3.38. The Morgan fingerprint density at radius 1 is 1.00 bits per heavy atom. The van der Waals surface area contributed by atoms with Crippen molar-refractivity contribution >= 4 is 5.71 Å². The first-order chi connectivity index (χ1) is 10.5. The minimum atomic E-state index is -0.0527. The van der Waals surface area contributed by atoms with Gasteiger partial charge in [0.05, 0.1) is 11.8 Å². The quantitative estimate of drug-likeness (QED) is 0.520. The molecule has 4 aliphatic rings. The average Bonchev–Trinajstić information content (AvgIpc) is 2.84. The van der Waals surface area contributed by atoms with Crippen molar-refractivity contribution in [2.75, 3.05) is 0 Å². The van der Waals surface area contributed by atoms with Crippen LogP contribution in [0.15, 0.2) is 5.16 Å². The minimum Gasteiger partial charge on any atom is -0.411 e. The minimum absolute atomic E-state index is 0.0527. The van der Waals surface area contributed by atoms with Gasteiger partial charge >= 0.3 is 0 Å². The third kappa shape index (κ3) is 1.87. The smallest absolute Gasteiger partial charge is 0.0632 e. The van der Waals surface area contributed by atoms with Crippen LogP contribution in [0.4, 0.5) is 0 Å². The molecule has 0 aliphatic heterocycles. The summed E-state index contributed by atoms with van der Waals surface area (Å²) in [7, 11) is 0. The molecule has 0 aromatic carbocycles. The highest BCUT2D eigenvalue weighted by molar-refractivity contribution is 5.91. The maximum Gasteiger partial charge on any atom is 0.0632 e. The van der Waals surface area contributed by atoms with E-state index in [1.165, 1.54) is 38.5 Å². The second-order valence-electron chi connectivity index (χ2n) is 9.13. The van der Waals surface area contributed by atoms with E-state index in [1.54, 1.807) is 0 Å². The molecule has 0 radical (unpaired) electrons. The third-order valence-corrected chi connectivity index (χ3v) is 8.50. The fraction of sp³-hybridized carbons (Fsp3) is 0.947. The van der Waals surface area contributed by atoms with Crippen LogP contribution in [0.3, 0.4) is 0 Å². The molecule has 0 bridgehead atoms. The summed E-state index contributed by atoms with van der Waals surface area (Å²) >= 11 is 0. The molecular weight excluding hydrogens is 274 g/mol. The molecule has 0 heterocycles. The molecule has 0 aromatic heterocycles. The Bertz CT molecular complexity index is 490. The topological polar surface area (TPSA) is 52.8 Å². The first-order valence-corrected chi connectivity index (χ1v) is 9.38. The third-order valence-electron chi connectivity index (χ3n) is 8.50. The van der Waals surface area contributed by atoms with Crippen LogP contribution in [-0.2, 0) is 0 Å². The van der Waals surface area contributed by atoms with Crippen LogP contribution in [0.1, 0.15) is 71.6 Å². The Morgan fingerprint density at radius 2 is 1.82 bits per heavy atom. The molecule has 0 unspecified atom stereocenters. The molecule has 3 nitrogen and oxygen atoms in total. The van der Waals surface area contributed by atoms with E-state index in [9.17, 15) is 10.3 Å². The zero-order valence-corrected chi connectivity index (χ0v) is 14.1. The Labute approximate surface area is 134 Å². The second kappa shape index (κ2) is 4.96. The maximum absolute atomic E-state index is 10.1.